The van der Waals surface area contributed by atoms with Crippen LogP contribution in [0.3, 0.4) is 0 Å². The van der Waals surface area contributed by atoms with Crippen molar-refractivity contribution in [3.05, 3.63) is 23.8 Å². The summed E-state index contributed by atoms with van der Waals surface area (Å²) in [6.45, 7) is 2.00. The Bertz CT molecular complexity index is 622. The summed E-state index contributed by atoms with van der Waals surface area (Å²) in [5.41, 5.74) is 2.87. The molecule has 1 rings (SSSR count). The van der Waals surface area contributed by atoms with Crippen LogP contribution < -0.4 is 14.9 Å². The molecule has 23 heavy (non-hydrogen) atoms. The number of hydrazone groups is 1. The highest BCUT2D eigenvalue weighted by Crippen LogP contribution is 2.28. The van der Waals surface area contributed by atoms with Crippen molar-refractivity contribution in [2.24, 2.45) is 5.10 Å². The van der Waals surface area contributed by atoms with Crippen molar-refractivity contribution in [1.29, 1.82) is 5.26 Å². The quantitative estimate of drug-likeness (QED) is 0.435. The number of esters is 1. The molecule has 1 aromatic carbocycles. The third-order valence-corrected chi connectivity index (χ3v) is 2.48. The summed E-state index contributed by atoms with van der Waals surface area (Å²) >= 11 is 0. The summed E-state index contributed by atoms with van der Waals surface area (Å²) in [5.74, 6) is -0.170. The lowest BCUT2D eigenvalue weighted by molar-refractivity contribution is -0.142. The van der Waals surface area contributed by atoms with E-state index in [0.717, 1.165) is 0 Å². The van der Waals surface area contributed by atoms with Gasteiger partial charge in [-0.3, -0.25) is 4.79 Å². The number of ether oxygens (including phenoxy) is 3. The minimum absolute atomic E-state index is 0.228. The zero-order chi connectivity index (χ0) is 17.1. The number of carbonyl (C=O) groups excluding carboxylic acids is 2. The number of nitrogens with one attached hydrogen (secondary N) is 1. The van der Waals surface area contributed by atoms with Gasteiger partial charge in [0.15, 0.2) is 18.1 Å². The van der Waals surface area contributed by atoms with E-state index in [1.54, 1.807) is 24.3 Å². The lowest BCUT2D eigenvalue weighted by Gasteiger charge is -2.11. The van der Waals surface area contributed by atoms with E-state index < -0.39 is 11.9 Å². The first kappa shape index (κ1) is 18.0. The van der Waals surface area contributed by atoms with Gasteiger partial charge >= 0.3 is 5.97 Å². The fourth-order valence-corrected chi connectivity index (χ4v) is 1.48. The Morgan fingerprint density at radius 3 is 2.78 bits per heavy atom. The SMILES string of the molecule is CCOc1cc(/C=N/NC(=O)CC#N)ccc1OCC(=O)OC. The van der Waals surface area contributed by atoms with Crippen molar-refractivity contribution in [2.45, 2.75) is 13.3 Å². The second kappa shape index (κ2) is 9.78. The minimum atomic E-state index is -0.502. The molecule has 0 saturated heterocycles. The van der Waals surface area contributed by atoms with E-state index in [-0.39, 0.29) is 13.0 Å². The maximum absolute atomic E-state index is 11.1. The molecular formula is C15H17N3O5. The molecule has 0 aliphatic heterocycles. The average Bonchev–Trinajstić information content (AvgIpc) is 2.54. The Hall–Kier alpha value is -3.08. The molecule has 1 N–H and O–H groups in total. The van der Waals surface area contributed by atoms with Crippen LogP contribution in [-0.4, -0.2) is 38.4 Å². The summed E-state index contributed by atoms with van der Waals surface area (Å²) in [6, 6.07) is 6.66. The van der Waals surface area contributed by atoms with Crippen LogP contribution in [0.1, 0.15) is 18.9 Å². The molecule has 0 radical (unpaired) electrons. The molecule has 0 atom stereocenters. The fraction of sp³-hybridized carbons (Fsp3) is 0.333. The number of methoxy groups -OCH3 is 1. The summed E-state index contributed by atoms with van der Waals surface area (Å²) in [4.78, 5) is 22.2. The second-order valence-electron chi connectivity index (χ2n) is 4.13. The van der Waals surface area contributed by atoms with Crippen molar-refractivity contribution < 1.29 is 23.8 Å². The van der Waals surface area contributed by atoms with E-state index in [4.69, 9.17) is 14.7 Å². The Balaban J connectivity index is 2.78. The van der Waals surface area contributed by atoms with Crippen LogP contribution in [0.2, 0.25) is 0 Å². The van der Waals surface area contributed by atoms with Gasteiger partial charge in [-0.2, -0.15) is 10.4 Å². The molecule has 8 nitrogen and oxygen atoms in total. The van der Waals surface area contributed by atoms with Gasteiger partial charge in [-0.15, -0.1) is 0 Å². The number of rotatable bonds is 8. The lowest BCUT2D eigenvalue weighted by Crippen LogP contribution is -2.16. The van der Waals surface area contributed by atoms with Crippen molar-refractivity contribution in [3.63, 3.8) is 0 Å². The van der Waals surface area contributed by atoms with E-state index in [1.807, 2.05) is 6.92 Å². The molecule has 0 fully saturated rings. The number of amides is 1. The van der Waals surface area contributed by atoms with Gasteiger partial charge in [0.25, 0.3) is 5.91 Å². The van der Waals surface area contributed by atoms with Crippen LogP contribution in [0.5, 0.6) is 11.5 Å². The number of hydrogen-bond donors (Lipinski definition) is 1. The molecule has 8 heteroatoms. The summed E-state index contributed by atoms with van der Waals surface area (Å²) in [5, 5.41) is 12.1. The number of nitriles is 1. The first-order valence-corrected chi connectivity index (χ1v) is 6.76. The molecule has 0 unspecified atom stereocenters. The highest BCUT2D eigenvalue weighted by atomic mass is 16.6. The molecule has 0 bridgehead atoms. The smallest absolute Gasteiger partial charge is 0.343 e. The first-order chi connectivity index (χ1) is 11.1. The van der Waals surface area contributed by atoms with Crippen LogP contribution in [0.4, 0.5) is 0 Å². The fourth-order valence-electron chi connectivity index (χ4n) is 1.48. The molecule has 0 aliphatic carbocycles. The topological polar surface area (TPSA) is 110 Å². The Labute approximate surface area is 133 Å². The largest absolute Gasteiger partial charge is 0.490 e. The molecule has 0 saturated carbocycles. The Morgan fingerprint density at radius 1 is 1.35 bits per heavy atom. The maximum Gasteiger partial charge on any atom is 0.343 e. The molecular weight excluding hydrogens is 302 g/mol. The van der Waals surface area contributed by atoms with Gasteiger partial charge < -0.3 is 14.2 Å². The second-order valence-corrected chi connectivity index (χ2v) is 4.13. The van der Waals surface area contributed by atoms with Crippen molar-refractivity contribution in [2.75, 3.05) is 20.3 Å². The minimum Gasteiger partial charge on any atom is -0.490 e. The standard InChI is InChI=1S/C15H17N3O5/c1-3-22-13-8-11(9-17-18-14(19)6-7-16)4-5-12(13)23-10-15(20)21-2/h4-5,8-9H,3,6,10H2,1-2H3,(H,18,19)/b17-9+. The van der Waals surface area contributed by atoms with E-state index >= 15 is 0 Å². The summed E-state index contributed by atoms with van der Waals surface area (Å²) in [7, 11) is 1.27. The summed E-state index contributed by atoms with van der Waals surface area (Å²) in [6.07, 6.45) is 1.14. The van der Waals surface area contributed by atoms with E-state index in [0.29, 0.717) is 23.7 Å². The van der Waals surface area contributed by atoms with E-state index in [9.17, 15) is 9.59 Å². The normalized spacial score (nSPS) is 9.96. The average molecular weight is 319 g/mol. The van der Waals surface area contributed by atoms with Crippen molar-refractivity contribution in [3.8, 4) is 17.6 Å². The molecule has 1 aromatic rings. The predicted octanol–water partition coefficient (Wildman–Crippen LogP) is 1.00. The number of carbonyl (C=O) groups is 2. The highest BCUT2D eigenvalue weighted by Gasteiger charge is 2.09. The number of benzene rings is 1. The van der Waals surface area contributed by atoms with Gasteiger partial charge in [-0.25, -0.2) is 10.2 Å². The van der Waals surface area contributed by atoms with Crippen molar-refractivity contribution in [1.82, 2.24) is 5.43 Å². The molecule has 0 heterocycles. The van der Waals surface area contributed by atoms with E-state index in [2.05, 4.69) is 15.3 Å². The highest BCUT2D eigenvalue weighted by molar-refractivity contribution is 5.83. The van der Waals surface area contributed by atoms with Crippen LogP contribution >= 0.6 is 0 Å². The van der Waals surface area contributed by atoms with Crippen molar-refractivity contribution >= 4 is 18.1 Å². The monoisotopic (exact) mass is 319 g/mol. The molecule has 0 aromatic heterocycles. The third-order valence-electron chi connectivity index (χ3n) is 2.48. The van der Waals surface area contributed by atoms with Gasteiger partial charge in [0.2, 0.25) is 0 Å². The lowest BCUT2D eigenvalue weighted by atomic mass is 10.2. The number of nitrogens with zero attached hydrogens (tertiary/aromatic N) is 2. The Kier molecular flexibility index (Phi) is 7.64. The van der Waals surface area contributed by atoms with Crippen LogP contribution in [0.15, 0.2) is 23.3 Å². The molecule has 122 valence electrons. The van der Waals surface area contributed by atoms with Gasteiger partial charge in [-0.05, 0) is 30.7 Å². The van der Waals surface area contributed by atoms with Gasteiger partial charge in [0.1, 0.15) is 6.42 Å². The first-order valence-electron chi connectivity index (χ1n) is 6.76. The van der Waals surface area contributed by atoms with Crippen LogP contribution in [-0.2, 0) is 14.3 Å². The zero-order valence-corrected chi connectivity index (χ0v) is 12.9. The maximum atomic E-state index is 11.1. The zero-order valence-electron chi connectivity index (χ0n) is 12.9. The molecule has 0 aliphatic rings. The van der Waals surface area contributed by atoms with Crippen LogP contribution in [0.25, 0.3) is 0 Å². The van der Waals surface area contributed by atoms with Gasteiger partial charge in [0.05, 0.1) is 26.0 Å². The third kappa shape index (κ3) is 6.48. The van der Waals surface area contributed by atoms with Gasteiger partial charge in [-0.1, -0.05) is 0 Å². The number of hydrogen-bond acceptors (Lipinski definition) is 7. The Morgan fingerprint density at radius 2 is 2.13 bits per heavy atom. The van der Waals surface area contributed by atoms with Crippen LogP contribution in [0, 0.1) is 11.3 Å². The summed E-state index contributed by atoms with van der Waals surface area (Å²) < 4.78 is 15.3. The molecule has 1 amide bonds. The van der Waals surface area contributed by atoms with E-state index in [1.165, 1.54) is 13.3 Å². The molecule has 0 spiro atoms. The predicted molar refractivity (Wildman–Crippen MR) is 81.1 cm³/mol. The van der Waals surface area contributed by atoms with Gasteiger partial charge in [0, 0.05) is 0 Å².